The van der Waals surface area contributed by atoms with Crippen molar-refractivity contribution >= 4 is 21.8 Å². The summed E-state index contributed by atoms with van der Waals surface area (Å²) >= 11 is 0. The Hall–Kier alpha value is -2.71. The Balaban J connectivity index is 1.53. The molecule has 1 unspecified atom stereocenters. The molecule has 1 aliphatic rings. The van der Waals surface area contributed by atoms with Crippen LogP contribution >= 0.6 is 0 Å². The standard InChI is InChI=1S/C23H29N3O4S/c1-18-8-5-6-15-26(18)31(29,30)21-12-7-11-20(16-21)23(28)24-14-13-22(27)25-17-19-9-3-2-4-10-19/h2-4,7,9-12,16,18H,5-6,8,13-15,17H2,1H3,(H,24,28)(H,25,27). The van der Waals surface area contributed by atoms with Gasteiger partial charge in [-0.1, -0.05) is 42.8 Å². The van der Waals surface area contributed by atoms with Gasteiger partial charge >= 0.3 is 0 Å². The number of benzene rings is 2. The van der Waals surface area contributed by atoms with E-state index in [2.05, 4.69) is 10.6 Å². The normalized spacial score (nSPS) is 17.1. The van der Waals surface area contributed by atoms with Gasteiger partial charge in [-0.25, -0.2) is 8.42 Å². The molecule has 0 bridgehead atoms. The van der Waals surface area contributed by atoms with Gasteiger partial charge in [0.15, 0.2) is 0 Å². The van der Waals surface area contributed by atoms with Gasteiger partial charge in [0.2, 0.25) is 15.9 Å². The van der Waals surface area contributed by atoms with E-state index >= 15 is 0 Å². The molecule has 1 atom stereocenters. The highest BCUT2D eigenvalue weighted by molar-refractivity contribution is 7.89. The number of nitrogens with one attached hydrogen (secondary N) is 2. The lowest BCUT2D eigenvalue weighted by Crippen LogP contribution is -2.42. The Morgan fingerprint density at radius 2 is 1.81 bits per heavy atom. The maximum atomic E-state index is 13.0. The zero-order valence-corrected chi connectivity index (χ0v) is 18.5. The molecule has 8 heteroatoms. The van der Waals surface area contributed by atoms with Crippen LogP contribution in [0.4, 0.5) is 0 Å². The van der Waals surface area contributed by atoms with Crippen molar-refractivity contribution in [3.63, 3.8) is 0 Å². The summed E-state index contributed by atoms with van der Waals surface area (Å²) in [6, 6.07) is 15.6. The molecule has 0 aromatic heterocycles. The van der Waals surface area contributed by atoms with Crippen molar-refractivity contribution in [2.24, 2.45) is 0 Å². The van der Waals surface area contributed by atoms with Gasteiger partial charge < -0.3 is 10.6 Å². The van der Waals surface area contributed by atoms with Crippen LogP contribution < -0.4 is 10.6 Å². The second-order valence-corrected chi connectivity index (χ2v) is 9.65. The number of amides is 2. The minimum absolute atomic E-state index is 0.0503. The van der Waals surface area contributed by atoms with Crippen molar-refractivity contribution in [3.05, 3.63) is 65.7 Å². The largest absolute Gasteiger partial charge is 0.352 e. The molecule has 0 saturated carbocycles. The van der Waals surface area contributed by atoms with Crippen molar-refractivity contribution in [1.82, 2.24) is 14.9 Å². The maximum absolute atomic E-state index is 13.0. The van der Waals surface area contributed by atoms with Crippen LogP contribution in [-0.4, -0.2) is 43.7 Å². The average Bonchev–Trinajstić information content (AvgIpc) is 2.78. The Kier molecular flexibility index (Phi) is 7.81. The molecule has 1 heterocycles. The van der Waals surface area contributed by atoms with Crippen LogP contribution in [0.3, 0.4) is 0 Å². The highest BCUT2D eigenvalue weighted by Gasteiger charge is 2.31. The summed E-state index contributed by atoms with van der Waals surface area (Å²) in [5.41, 5.74) is 1.26. The van der Waals surface area contributed by atoms with Crippen LogP contribution in [0.15, 0.2) is 59.5 Å². The van der Waals surface area contributed by atoms with Crippen molar-refractivity contribution < 1.29 is 18.0 Å². The fourth-order valence-electron chi connectivity index (χ4n) is 3.64. The molecule has 31 heavy (non-hydrogen) atoms. The van der Waals surface area contributed by atoms with Crippen LogP contribution in [0.5, 0.6) is 0 Å². The Bertz CT molecular complexity index is 1010. The average molecular weight is 444 g/mol. The summed E-state index contributed by atoms with van der Waals surface area (Å²) in [4.78, 5) is 24.6. The van der Waals surface area contributed by atoms with E-state index in [-0.39, 0.29) is 35.4 Å². The van der Waals surface area contributed by atoms with E-state index in [1.54, 1.807) is 12.1 Å². The molecule has 2 aromatic rings. The number of carbonyl (C=O) groups excluding carboxylic acids is 2. The first-order chi connectivity index (χ1) is 14.9. The molecular weight excluding hydrogens is 414 g/mol. The predicted molar refractivity (Wildman–Crippen MR) is 119 cm³/mol. The molecule has 1 aliphatic heterocycles. The molecule has 7 nitrogen and oxygen atoms in total. The Morgan fingerprint density at radius 3 is 2.55 bits per heavy atom. The number of piperidine rings is 1. The van der Waals surface area contributed by atoms with E-state index in [1.165, 1.54) is 16.4 Å². The van der Waals surface area contributed by atoms with Crippen LogP contribution in [0.1, 0.15) is 48.5 Å². The van der Waals surface area contributed by atoms with Crippen LogP contribution in [0.2, 0.25) is 0 Å². The molecule has 166 valence electrons. The van der Waals surface area contributed by atoms with Gasteiger partial charge in [0, 0.05) is 37.7 Å². The summed E-state index contributed by atoms with van der Waals surface area (Å²) in [5.74, 6) is -0.570. The van der Waals surface area contributed by atoms with Crippen LogP contribution in [-0.2, 0) is 21.4 Å². The van der Waals surface area contributed by atoms with Gasteiger partial charge in [-0.3, -0.25) is 9.59 Å². The summed E-state index contributed by atoms with van der Waals surface area (Å²) in [6.45, 7) is 3.01. The van der Waals surface area contributed by atoms with Crippen molar-refractivity contribution in [1.29, 1.82) is 0 Å². The van der Waals surface area contributed by atoms with E-state index in [0.717, 1.165) is 24.8 Å². The number of carbonyl (C=O) groups is 2. The number of hydrogen-bond donors (Lipinski definition) is 2. The van der Waals surface area contributed by atoms with E-state index in [9.17, 15) is 18.0 Å². The topological polar surface area (TPSA) is 95.6 Å². The van der Waals surface area contributed by atoms with Crippen molar-refractivity contribution in [2.75, 3.05) is 13.1 Å². The second kappa shape index (κ2) is 10.5. The highest BCUT2D eigenvalue weighted by atomic mass is 32.2. The van der Waals surface area contributed by atoms with E-state index in [4.69, 9.17) is 0 Å². The quantitative estimate of drug-likeness (QED) is 0.656. The summed E-state index contributed by atoms with van der Waals surface area (Å²) in [5, 5.41) is 5.49. The first-order valence-corrected chi connectivity index (χ1v) is 12.0. The first-order valence-electron chi connectivity index (χ1n) is 10.6. The molecule has 2 amide bonds. The summed E-state index contributed by atoms with van der Waals surface area (Å²) < 4.78 is 27.5. The van der Waals surface area contributed by atoms with E-state index in [1.807, 2.05) is 37.3 Å². The lowest BCUT2D eigenvalue weighted by atomic mass is 10.1. The minimum Gasteiger partial charge on any atom is -0.352 e. The third-order valence-electron chi connectivity index (χ3n) is 5.41. The fraction of sp³-hybridized carbons (Fsp3) is 0.391. The van der Waals surface area contributed by atoms with E-state index in [0.29, 0.717) is 13.1 Å². The van der Waals surface area contributed by atoms with Gasteiger partial charge in [0.05, 0.1) is 4.90 Å². The Morgan fingerprint density at radius 1 is 1.03 bits per heavy atom. The SMILES string of the molecule is CC1CCCCN1S(=O)(=O)c1cccc(C(=O)NCCC(=O)NCc2ccccc2)c1. The summed E-state index contributed by atoms with van der Waals surface area (Å²) in [6.07, 6.45) is 2.85. The Labute approximate surface area is 183 Å². The van der Waals surface area contributed by atoms with Gasteiger partial charge in [0.1, 0.15) is 0 Å². The summed E-state index contributed by atoms with van der Waals surface area (Å²) in [7, 11) is -3.65. The number of sulfonamides is 1. The van der Waals surface area contributed by atoms with Gasteiger partial charge in [-0.15, -0.1) is 0 Å². The minimum atomic E-state index is -3.65. The van der Waals surface area contributed by atoms with Crippen molar-refractivity contribution in [2.45, 2.75) is 50.1 Å². The number of nitrogens with zero attached hydrogens (tertiary/aromatic N) is 1. The van der Waals surface area contributed by atoms with Gasteiger partial charge in [-0.05, 0) is 43.5 Å². The van der Waals surface area contributed by atoms with Gasteiger partial charge in [-0.2, -0.15) is 4.31 Å². The fourth-order valence-corrected chi connectivity index (χ4v) is 5.38. The predicted octanol–water partition coefficient (Wildman–Crippen LogP) is 2.69. The zero-order chi connectivity index (χ0) is 22.3. The molecule has 2 aromatic carbocycles. The molecule has 2 N–H and O–H groups in total. The zero-order valence-electron chi connectivity index (χ0n) is 17.7. The molecule has 1 fully saturated rings. The lowest BCUT2D eigenvalue weighted by molar-refractivity contribution is -0.121. The molecule has 3 rings (SSSR count). The third kappa shape index (κ3) is 6.15. The highest BCUT2D eigenvalue weighted by Crippen LogP contribution is 2.25. The molecule has 0 aliphatic carbocycles. The van der Waals surface area contributed by atoms with Crippen LogP contribution in [0, 0.1) is 0 Å². The monoisotopic (exact) mass is 443 g/mol. The second-order valence-electron chi connectivity index (χ2n) is 7.76. The van der Waals surface area contributed by atoms with Crippen LogP contribution in [0.25, 0.3) is 0 Å². The molecule has 0 spiro atoms. The van der Waals surface area contributed by atoms with E-state index < -0.39 is 15.9 Å². The number of hydrogen-bond acceptors (Lipinski definition) is 4. The maximum Gasteiger partial charge on any atom is 0.251 e. The lowest BCUT2D eigenvalue weighted by Gasteiger charge is -2.32. The smallest absolute Gasteiger partial charge is 0.251 e. The molecule has 1 saturated heterocycles. The first kappa shape index (κ1) is 23.0. The van der Waals surface area contributed by atoms with Crippen molar-refractivity contribution in [3.8, 4) is 0 Å². The molecular formula is C23H29N3O4S. The number of rotatable bonds is 8. The van der Waals surface area contributed by atoms with Gasteiger partial charge in [0.25, 0.3) is 5.91 Å². The molecule has 0 radical (unpaired) electrons. The third-order valence-corrected chi connectivity index (χ3v) is 7.42.